The van der Waals surface area contributed by atoms with Gasteiger partial charge in [0.2, 0.25) is 0 Å². The first-order valence-electron chi connectivity index (χ1n) is 4.74. The van der Waals surface area contributed by atoms with Gasteiger partial charge in [-0.05, 0) is 25.2 Å². The second-order valence-electron chi connectivity index (χ2n) is 3.85. The molecule has 0 aliphatic rings. The maximum Gasteiger partial charge on any atom is -0.0263 e. The van der Waals surface area contributed by atoms with Crippen LogP contribution in [0.15, 0.2) is 11.6 Å². The summed E-state index contributed by atoms with van der Waals surface area (Å²) in [6.07, 6.45) is 4.93. The quantitative estimate of drug-likeness (QED) is 0.536. The van der Waals surface area contributed by atoms with Crippen LogP contribution < -0.4 is 0 Å². The van der Waals surface area contributed by atoms with E-state index in [1.807, 2.05) is 0 Å². The Kier molecular flexibility index (Phi) is 5.27. The van der Waals surface area contributed by atoms with Gasteiger partial charge >= 0.3 is 0 Å². The minimum absolute atomic E-state index is 0.721. The lowest BCUT2D eigenvalue weighted by atomic mass is 9.99. The highest BCUT2D eigenvalue weighted by Gasteiger charge is 1.98. The zero-order valence-corrected chi connectivity index (χ0v) is 8.65. The number of rotatable bonds is 4. The topological polar surface area (TPSA) is 0 Å². The lowest BCUT2D eigenvalue weighted by Crippen LogP contribution is -1.93. The molecule has 0 aromatic carbocycles. The highest BCUT2D eigenvalue weighted by molar-refractivity contribution is 5.00. The minimum Gasteiger partial charge on any atom is -0.0851 e. The predicted molar refractivity (Wildman–Crippen MR) is 52.7 cm³/mol. The molecule has 0 nitrogen and oxygen atoms in total. The van der Waals surface area contributed by atoms with Crippen LogP contribution >= 0.6 is 0 Å². The van der Waals surface area contributed by atoms with E-state index in [2.05, 4.69) is 40.7 Å². The van der Waals surface area contributed by atoms with E-state index in [1.54, 1.807) is 0 Å². The van der Waals surface area contributed by atoms with Crippen molar-refractivity contribution < 1.29 is 0 Å². The SMILES string of the molecule is CCC(C)CC=C(C)C(C)C. The lowest BCUT2D eigenvalue weighted by Gasteiger charge is -2.07. The van der Waals surface area contributed by atoms with Crippen molar-refractivity contribution in [2.75, 3.05) is 0 Å². The van der Waals surface area contributed by atoms with Crippen molar-refractivity contribution in [2.24, 2.45) is 11.8 Å². The summed E-state index contributed by atoms with van der Waals surface area (Å²) in [5.41, 5.74) is 1.53. The van der Waals surface area contributed by atoms with Gasteiger partial charge in [0.05, 0.1) is 0 Å². The summed E-state index contributed by atoms with van der Waals surface area (Å²) < 4.78 is 0. The largest absolute Gasteiger partial charge is 0.0851 e. The van der Waals surface area contributed by atoms with Crippen LogP contribution in [0, 0.1) is 11.8 Å². The summed E-state index contributed by atoms with van der Waals surface area (Å²) in [5.74, 6) is 1.57. The summed E-state index contributed by atoms with van der Waals surface area (Å²) in [4.78, 5) is 0. The van der Waals surface area contributed by atoms with Crippen molar-refractivity contribution >= 4 is 0 Å². The molecule has 0 fully saturated rings. The molecule has 0 rings (SSSR count). The van der Waals surface area contributed by atoms with Crippen molar-refractivity contribution in [3.05, 3.63) is 11.6 Å². The monoisotopic (exact) mass is 154 g/mol. The molecule has 0 spiro atoms. The van der Waals surface area contributed by atoms with Gasteiger partial charge in [-0.3, -0.25) is 0 Å². The number of allylic oxidation sites excluding steroid dienone is 2. The summed E-state index contributed by atoms with van der Waals surface area (Å²) >= 11 is 0. The predicted octanol–water partition coefficient (Wildman–Crippen LogP) is 4.02. The fraction of sp³-hybridized carbons (Fsp3) is 0.818. The van der Waals surface area contributed by atoms with Gasteiger partial charge in [0.15, 0.2) is 0 Å². The van der Waals surface area contributed by atoms with Gasteiger partial charge < -0.3 is 0 Å². The Hall–Kier alpha value is -0.260. The highest BCUT2D eigenvalue weighted by Crippen LogP contribution is 2.13. The average molecular weight is 154 g/mol. The molecule has 0 aromatic rings. The molecule has 0 aliphatic carbocycles. The van der Waals surface area contributed by atoms with Gasteiger partial charge in [-0.15, -0.1) is 0 Å². The van der Waals surface area contributed by atoms with E-state index in [1.165, 1.54) is 18.4 Å². The maximum atomic E-state index is 2.39. The molecule has 0 radical (unpaired) electrons. The molecule has 11 heavy (non-hydrogen) atoms. The van der Waals surface area contributed by atoms with Crippen LogP contribution in [0.1, 0.15) is 47.5 Å². The average Bonchev–Trinajstić information content (AvgIpc) is 1.99. The molecule has 0 aromatic heterocycles. The van der Waals surface area contributed by atoms with Crippen LogP contribution in [0.5, 0.6) is 0 Å². The molecule has 0 saturated carbocycles. The third kappa shape index (κ3) is 5.06. The Morgan fingerprint density at radius 2 is 1.82 bits per heavy atom. The Morgan fingerprint density at radius 3 is 2.18 bits per heavy atom. The molecule has 1 unspecified atom stereocenters. The molecule has 0 amide bonds. The van der Waals surface area contributed by atoms with Gasteiger partial charge in [0.25, 0.3) is 0 Å². The van der Waals surface area contributed by atoms with Crippen molar-refractivity contribution in [2.45, 2.75) is 47.5 Å². The second kappa shape index (κ2) is 5.40. The molecule has 0 saturated heterocycles. The van der Waals surface area contributed by atoms with E-state index in [0.717, 1.165) is 11.8 Å². The molecular weight excluding hydrogens is 132 g/mol. The Labute approximate surface area is 71.7 Å². The Balaban J connectivity index is 3.72. The maximum absolute atomic E-state index is 2.39. The zero-order valence-electron chi connectivity index (χ0n) is 8.65. The smallest absolute Gasteiger partial charge is 0.0263 e. The second-order valence-corrected chi connectivity index (χ2v) is 3.85. The Morgan fingerprint density at radius 1 is 1.27 bits per heavy atom. The fourth-order valence-corrected chi connectivity index (χ4v) is 0.789. The van der Waals surface area contributed by atoms with Crippen LogP contribution in [0.25, 0.3) is 0 Å². The van der Waals surface area contributed by atoms with Crippen LogP contribution in [0.4, 0.5) is 0 Å². The summed E-state index contributed by atoms with van der Waals surface area (Å²) in [7, 11) is 0. The molecule has 0 heteroatoms. The van der Waals surface area contributed by atoms with Crippen LogP contribution in [0.3, 0.4) is 0 Å². The first kappa shape index (κ1) is 10.7. The zero-order chi connectivity index (χ0) is 8.85. The molecule has 0 aliphatic heterocycles. The Bertz CT molecular complexity index is 120. The van der Waals surface area contributed by atoms with Gasteiger partial charge in [-0.1, -0.05) is 45.8 Å². The van der Waals surface area contributed by atoms with E-state index >= 15 is 0 Å². The summed E-state index contributed by atoms with van der Waals surface area (Å²) in [6, 6.07) is 0. The van der Waals surface area contributed by atoms with Crippen LogP contribution in [-0.2, 0) is 0 Å². The van der Waals surface area contributed by atoms with E-state index in [9.17, 15) is 0 Å². The van der Waals surface area contributed by atoms with Crippen molar-refractivity contribution in [1.82, 2.24) is 0 Å². The summed E-state index contributed by atoms with van der Waals surface area (Å²) in [5, 5.41) is 0. The van der Waals surface area contributed by atoms with Gasteiger partial charge in [0.1, 0.15) is 0 Å². The third-order valence-electron chi connectivity index (χ3n) is 2.45. The highest BCUT2D eigenvalue weighted by atomic mass is 14.0. The van der Waals surface area contributed by atoms with Crippen LogP contribution in [0.2, 0.25) is 0 Å². The van der Waals surface area contributed by atoms with Gasteiger partial charge in [-0.25, -0.2) is 0 Å². The molecule has 66 valence electrons. The van der Waals surface area contributed by atoms with E-state index in [-0.39, 0.29) is 0 Å². The summed E-state index contributed by atoms with van der Waals surface area (Å²) in [6.45, 7) is 11.3. The fourth-order valence-electron chi connectivity index (χ4n) is 0.789. The normalized spacial score (nSPS) is 15.6. The molecule has 0 bridgehead atoms. The molecular formula is C11H22. The first-order valence-corrected chi connectivity index (χ1v) is 4.74. The molecule has 0 N–H and O–H groups in total. The number of hydrogen-bond donors (Lipinski definition) is 0. The lowest BCUT2D eigenvalue weighted by molar-refractivity contribution is 0.567. The number of hydrogen-bond acceptors (Lipinski definition) is 0. The van der Waals surface area contributed by atoms with E-state index in [0.29, 0.717) is 0 Å². The van der Waals surface area contributed by atoms with Gasteiger partial charge in [0, 0.05) is 0 Å². The van der Waals surface area contributed by atoms with Crippen molar-refractivity contribution in [1.29, 1.82) is 0 Å². The third-order valence-corrected chi connectivity index (χ3v) is 2.45. The van der Waals surface area contributed by atoms with E-state index < -0.39 is 0 Å². The molecule has 1 atom stereocenters. The first-order chi connectivity index (χ1) is 5.07. The van der Waals surface area contributed by atoms with Gasteiger partial charge in [-0.2, -0.15) is 0 Å². The standard InChI is InChI=1S/C11H22/c1-6-10(4)7-8-11(5)9(2)3/h8-10H,6-7H2,1-5H3. The minimum atomic E-state index is 0.721. The van der Waals surface area contributed by atoms with E-state index in [4.69, 9.17) is 0 Å². The van der Waals surface area contributed by atoms with Crippen molar-refractivity contribution in [3.63, 3.8) is 0 Å². The van der Waals surface area contributed by atoms with Crippen LogP contribution in [-0.4, -0.2) is 0 Å². The molecule has 0 heterocycles. The van der Waals surface area contributed by atoms with Crippen molar-refractivity contribution in [3.8, 4) is 0 Å².